The lowest BCUT2D eigenvalue weighted by molar-refractivity contribution is 0.0302. The van der Waals surface area contributed by atoms with Crippen LogP contribution in [0.5, 0.6) is 0 Å². The van der Waals surface area contributed by atoms with Gasteiger partial charge < -0.3 is 24.6 Å². The molecule has 2 unspecified atom stereocenters. The van der Waals surface area contributed by atoms with Gasteiger partial charge in [-0.3, -0.25) is 19.4 Å². The van der Waals surface area contributed by atoms with Crippen LogP contribution in [0.2, 0.25) is 0 Å². The summed E-state index contributed by atoms with van der Waals surface area (Å²) < 4.78 is 34.9. The van der Waals surface area contributed by atoms with Crippen molar-refractivity contribution >= 4 is 33.1 Å². The molecule has 266 valence electrons. The Labute approximate surface area is 283 Å². The summed E-state index contributed by atoms with van der Waals surface area (Å²) in [4.78, 5) is 45.4. The maximum Gasteiger partial charge on any atom is 0.409 e. The molecule has 2 amide bonds. The van der Waals surface area contributed by atoms with Gasteiger partial charge in [-0.2, -0.15) is 17.4 Å². The van der Waals surface area contributed by atoms with Gasteiger partial charge in [0, 0.05) is 70.5 Å². The predicted octanol–water partition coefficient (Wildman–Crippen LogP) is 1.21. The van der Waals surface area contributed by atoms with Crippen LogP contribution < -0.4 is 15.6 Å². The second-order valence-corrected chi connectivity index (χ2v) is 15.8. The highest BCUT2D eigenvalue weighted by molar-refractivity contribution is 7.87. The fourth-order valence-corrected chi connectivity index (χ4v) is 8.39. The molecule has 0 spiro atoms. The predicted molar refractivity (Wildman–Crippen MR) is 183 cm³/mol. The summed E-state index contributed by atoms with van der Waals surface area (Å²) in [5.74, 6) is -0.355. The van der Waals surface area contributed by atoms with Gasteiger partial charge in [0.1, 0.15) is 5.56 Å². The number of aliphatic hydroxyl groups is 1. The molecule has 3 fully saturated rings. The molecule has 5 atom stereocenters. The van der Waals surface area contributed by atoms with Crippen molar-refractivity contribution in [2.24, 2.45) is 0 Å². The van der Waals surface area contributed by atoms with Gasteiger partial charge in [0.2, 0.25) is 0 Å². The number of amides is 2. The lowest BCUT2D eigenvalue weighted by atomic mass is 9.96. The van der Waals surface area contributed by atoms with Gasteiger partial charge in [-0.25, -0.2) is 4.79 Å². The van der Waals surface area contributed by atoms with E-state index in [-0.39, 0.29) is 53.8 Å². The van der Waals surface area contributed by atoms with Gasteiger partial charge in [0.05, 0.1) is 25.3 Å². The lowest BCUT2D eigenvalue weighted by Gasteiger charge is -2.40. The monoisotopic (exact) mass is 689 g/mol. The lowest BCUT2D eigenvalue weighted by Crippen LogP contribution is -2.54. The summed E-state index contributed by atoms with van der Waals surface area (Å²) in [6.07, 6.45) is 2.69. The molecule has 0 radical (unpaired) electrons. The quantitative estimate of drug-likeness (QED) is 0.281. The molecule has 3 aliphatic heterocycles. The molecule has 5 rings (SSSR count). The van der Waals surface area contributed by atoms with Crippen molar-refractivity contribution < 1.29 is 27.9 Å². The molecule has 0 saturated carbocycles. The summed E-state index contributed by atoms with van der Waals surface area (Å²) >= 11 is 0. The molecule has 2 aromatic rings. The number of aliphatic hydroxyl groups excluding tert-OH is 1. The van der Waals surface area contributed by atoms with E-state index in [2.05, 4.69) is 19.8 Å². The van der Waals surface area contributed by atoms with Crippen LogP contribution in [0.15, 0.2) is 35.1 Å². The molecule has 15 heteroatoms. The highest BCUT2D eigenvalue weighted by Crippen LogP contribution is 2.36. The number of likely N-dealkylation sites (tertiary alicyclic amines) is 1. The normalized spacial score (nSPS) is 24.0. The number of methoxy groups -OCH3 is 1. The van der Waals surface area contributed by atoms with Crippen molar-refractivity contribution in [3.63, 3.8) is 0 Å². The maximum absolute atomic E-state index is 13.5. The topological polar surface area (TPSA) is 157 Å². The number of piperidine rings is 1. The first-order valence-corrected chi connectivity index (χ1v) is 18.3. The number of rotatable bonds is 13. The maximum atomic E-state index is 13.5. The van der Waals surface area contributed by atoms with Gasteiger partial charge in [0.15, 0.2) is 0 Å². The third kappa shape index (κ3) is 8.20. The van der Waals surface area contributed by atoms with Crippen molar-refractivity contribution in [1.29, 1.82) is 0 Å². The molecule has 2 bridgehead atoms. The molecule has 3 aliphatic rings. The minimum Gasteiger partial charge on any atom is -0.453 e. The van der Waals surface area contributed by atoms with Crippen LogP contribution in [0, 0.1) is 0 Å². The first-order valence-electron chi connectivity index (χ1n) is 16.9. The van der Waals surface area contributed by atoms with E-state index in [9.17, 15) is 27.9 Å². The Hall–Kier alpha value is -3.08. The highest BCUT2D eigenvalue weighted by atomic mass is 32.2. The summed E-state index contributed by atoms with van der Waals surface area (Å²) in [5.41, 5.74) is 0.660. The number of carbonyl (C=O) groups is 2. The van der Waals surface area contributed by atoms with Gasteiger partial charge in [-0.1, -0.05) is 18.2 Å². The van der Waals surface area contributed by atoms with Gasteiger partial charge in [-0.05, 0) is 70.0 Å². The first-order chi connectivity index (χ1) is 22.8. The van der Waals surface area contributed by atoms with Gasteiger partial charge in [0.25, 0.3) is 21.7 Å². The number of hydrogen-bond acceptors (Lipinski definition) is 9. The minimum absolute atomic E-state index is 0.0835. The highest BCUT2D eigenvalue weighted by Gasteiger charge is 2.42. The van der Waals surface area contributed by atoms with E-state index in [1.807, 2.05) is 38.1 Å². The summed E-state index contributed by atoms with van der Waals surface area (Å²) in [7, 11) is 0.765. The van der Waals surface area contributed by atoms with E-state index in [1.165, 1.54) is 26.1 Å². The molecule has 48 heavy (non-hydrogen) atoms. The molecule has 3 N–H and O–H groups in total. The molecule has 1 aromatic carbocycles. The van der Waals surface area contributed by atoms with Crippen molar-refractivity contribution in [3.8, 4) is 0 Å². The van der Waals surface area contributed by atoms with Crippen LogP contribution in [-0.4, -0.2) is 140 Å². The zero-order valence-corrected chi connectivity index (χ0v) is 29.5. The zero-order valence-electron chi connectivity index (χ0n) is 28.7. The van der Waals surface area contributed by atoms with Gasteiger partial charge >= 0.3 is 6.09 Å². The third-order valence-corrected chi connectivity index (χ3v) is 11.6. The Kier molecular flexibility index (Phi) is 11.5. The second kappa shape index (κ2) is 15.2. The molecule has 1 aromatic heterocycles. The van der Waals surface area contributed by atoms with E-state index in [4.69, 9.17) is 4.74 Å². The molecule has 4 heterocycles. The number of hydrogen-bond donors (Lipinski definition) is 3. The van der Waals surface area contributed by atoms with Gasteiger partial charge in [-0.15, -0.1) is 0 Å². The average molecular weight is 690 g/mol. The number of para-hydroxylation sites is 1. The van der Waals surface area contributed by atoms with Crippen LogP contribution in [0.4, 0.5) is 4.79 Å². The van der Waals surface area contributed by atoms with Crippen LogP contribution in [-0.2, 0) is 14.9 Å². The molecule has 0 aliphatic carbocycles. The van der Waals surface area contributed by atoms with Crippen molar-refractivity contribution in [3.05, 3.63) is 46.2 Å². The Balaban J connectivity index is 1.14. The first kappa shape index (κ1) is 36.2. The van der Waals surface area contributed by atoms with Crippen LogP contribution in [0.1, 0.15) is 62.4 Å². The summed E-state index contributed by atoms with van der Waals surface area (Å²) in [6, 6.07) is 9.25. The van der Waals surface area contributed by atoms with Crippen molar-refractivity contribution in [1.82, 2.24) is 33.6 Å². The van der Waals surface area contributed by atoms with E-state index in [0.29, 0.717) is 39.1 Å². The van der Waals surface area contributed by atoms with Crippen molar-refractivity contribution in [2.75, 3.05) is 60.5 Å². The number of ether oxygens (including phenoxy) is 1. The van der Waals surface area contributed by atoms with E-state index in [1.54, 1.807) is 10.6 Å². The van der Waals surface area contributed by atoms with Crippen LogP contribution in [0.3, 0.4) is 0 Å². The molecular weight excluding hydrogens is 638 g/mol. The number of fused-ring (bicyclic) bond motifs is 3. The Bertz CT molecular complexity index is 1620. The third-order valence-electron chi connectivity index (χ3n) is 9.97. The molecule has 14 nitrogen and oxygen atoms in total. The zero-order chi connectivity index (χ0) is 34.7. The summed E-state index contributed by atoms with van der Waals surface area (Å²) in [6.45, 7) is 6.47. The van der Waals surface area contributed by atoms with E-state index < -0.39 is 22.4 Å². The number of aromatic nitrogens is 1. The Morgan fingerprint density at radius 1 is 1.08 bits per heavy atom. The second-order valence-electron chi connectivity index (χ2n) is 13.9. The van der Waals surface area contributed by atoms with Crippen LogP contribution in [0.25, 0.3) is 10.9 Å². The minimum atomic E-state index is -3.52. The largest absolute Gasteiger partial charge is 0.453 e. The number of carbonyl (C=O) groups excluding carboxylic acids is 2. The van der Waals surface area contributed by atoms with Crippen molar-refractivity contribution in [2.45, 2.75) is 82.3 Å². The molecular formula is C33H51N7O7S. The smallest absolute Gasteiger partial charge is 0.409 e. The fourth-order valence-electron chi connectivity index (χ4n) is 7.57. The fraction of sp³-hybridized carbons (Fsp3) is 0.667. The molecule has 3 saturated heterocycles. The van der Waals surface area contributed by atoms with E-state index in [0.717, 1.165) is 40.9 Å². The Morgan fingerprint density at radius 3 is 2.42 bits per heavy atom. The number of pyridine rings is 1. The number of benzene rings is 1. The van der Waals surface area contributed by atoms with Crippen LogP contribution >= 0.6 is 0 Å². The number of nitrogens with zero attached hydrogens (tertiary/aromatic N) is 5. The average Bonchev–Trinajstić information content (AvgIpc) is 3.56. The summed E-state index contributed by atoms with van der Waals surface area (Å²) in [5, 5.41) is 15.1. The standard InChI is InChI=1S/C33H51N7O7S/c1-22(2)40-30-9-7-6-8-23(30)16-29(32(40)43)31(42)34-25-17-26-10-11-27(18-25)39(26)21-28(41)20-38(33(44)47-5)15-14-37-13-12-24(19-37)35-48(45,46)36(3)4/h6-9,16,22,24-28,35,41H,10-15,17-21H2,1-5H3,(H,34,42)/t24?,25-,26+,27-,28?. The Morgan fingerprint density at radius 2 is 1.77 bits per heavy atom. The van der Waals surface area contributed by atoms with E-state index >= 15 is 0 Å². The number of nitrogens with one attached hydrogen (secondary N) is 2. The SMILES string of the molecule is COC(=O)N(CCN1CCC(NS(=O)(=O)N(C)C)C1)CC(O)CN1[C@@H]2CC[C@H]1C[C@@H](NC(=O)c1cc3ccccc3n(C(C)C)c1=O)C2.